The van der Waals surface area contributed by atoms with Gasteiger partial charge in [-0.2, -0.15) is 0 Å². The third-order valence-electron chi connectivity index (χ3n) is 3.93. The Kier molecular flexibility index (Phi) is 7.30. The van der Waals surface area contributed by atoms with Crippen molar-refractivity contribution in [2.45, 2.75) is 19.4 Å². The van der Waals surface area contributed by atoms with Crippen molar-refractivity contribution in [3.05, 3.63) is 89.7 Å². The van der Waals surface area contributed by atoms with E-state index in [1.54, 1.807) is 19.5 Å². The number of methoxy groups -OCH3 is 1. The van der Waals surface area contributed by atoms with Crippen molar-refractivity contribution in [2.75, 3.05) is 7.11 Å². The van der Waals surface area contributed by atoms with Gasteiger partial charge in [-0.3, -0.25) is 4.98 Å². The van der Waals surface area contributed by atoms with Crippen molar-refractivity contribution < 1.29 is 9.47 Å². The summed E-state index contributed by atoms with van der Waals surface area (Å²) in [6.07, 6.45) is 5.45. The molecule has 25 heavy (non-hydrogen) atoms. The van der Waals surface area contributed by atoms with Gasteiger partial charge >= 0.3 is 0 Å². The van der Waals surface area contributed by atoms with Crippen LogP contribution in [0.1, 0.15) is 16.7 Å². The lowest BCUT2D eigenvalue weighted by atomic mass is 10.0. The molecule has 3 nitrogen and oxygen atoms in total. The number of para-hydroxylation sites is 1. The number of nitrogens with zero attached hydrogens (tertiary/aromatic N) is 1. The van der Waals surface area contributed by atoms with E-state index in [1.807, 2.05) is 36.4 Å². The number of pyridine rings is 1. The highest BCUT2D eigenvalue weighted by atomic mass is 35.5. The molecular weight excluding hydrogens is 334 g/mol. The Balaban J connectivity index is 0.00000225. The maximum atomic E-state index is 6.00. The molecule has 3 rings (SSSR count). The molecule has 2 aromatic carbocycles. The SMILES string of the molecule is COc1cccc(CCc2ccccc2OCc2ccncc2)c1.Cl. The number of hydrogen-bond donors (Lipinski definition) is 0. The zero-order valence-corrected chi connectivity index (χ0v) is 15.0. The zero-order chi connectivity index (χ0) is 16.6. The maximum Gasteiger partial charge on any atom is 0.123 e. The summed E-state index contributed by atoms with van der Waals surface area (Å²) in [7, 11) is 1.70. The largest absolute Gasteiger partial charge is 0.497 e. The summed E-state index contributed by atoms with van der Waals surface area (Å²) >= 11 is 0. The Morgan fingerprint density at radius 2 is 1.64 bits per heavy atom. The molecule has 0 N–H and O–H groups in total. The van der Waals surface area contributed by atoms with Gasteiger partial charge in [-0.15, -0.1) is 12.4 Å². The second-order valence-electron chi connectivity index (χ2n) is 5.60. The molecule has 3 aromatic rings. The number of benzene rings is 2. The van der Waals surface area contributed by atoms with Gasteiger partial charge in [-0.05, 0) is 59.9 Å². The molecule has 4 heteroatoms. The van der Waals surface area contributed by atoms with Crippen LogP contribution in [0.15, 0.2) is 73.1 Å². The van der Waals surface area contributed by atoms with Gasteiger partial charge in [0.1, 0.15) is 18.1 Å². The van der Waals surface area contributed by atoms with Crippen LogP contribution < -0.4 is 9.47 Å². The van der Waals surface area contributed by atoms with Gasteiger partial charge < -0.3 is 9.47 Å². The van der Waals surface area contributed by atoms with Crippen molar-refractivity contribution in [3.8, 4) is 11.5 Å². The second kappa shape index (κ2) is 9.70. The van der Waals surface area contributed by atoms with Crippen LogP contribution >= 0.6 is 12.4 Å². The molecule has 0 atom stereocenters. The van der Waals surface area contributed by atoms with Crippen LogP contribution in [0.25, 0.3) is 0 Å². The van der Waals surface area contributed by atoms with Gasteiger partial charge in [0.25, 0.3) is 0 Å². The maximum absolute atomic E-state index is 6.00. The van der Waals surface area contributed by atoms with E-state index in [9.17, 15) is 0 Å². The summed E-state index contributed by atoms with van der Waals surface area (Å²) in [6, 6.07) is 20.4. The standard InChI is InChI=1S/C21H21NO2.ClH/c1-23-20-7-4-5-17(15-20)9-10-19-6-2-3-8-21(19)24-16-18-11-13-22-14-12-18;/h2-8,11-15H,9-10,16H2,1H3;1H. The van der Waals surface area contributed by atoms with Crippen molar-refractivity contribution in [1.29, 1.82) is 0 Å². The second-order valence-corrected chi connectivity index (χ2v) is 5.60. The van der Waals surface area contributed by atoms with Crippen LogP contribution in [0.5, 0.6) is 11.5 Å². The zero-order valence-electron chi connectivity index (χ0n) is 14.2. The van der Waals surface area contributed by atoms with Gasteiger partial charge in [0.2, 0.25) is 0 Å². The molecule has 0 amide bonds. The van der Waals surface area contributed by atoms with Crippen LogP contribution in [-0.4, -0.2) is 12.1 Å². The molecule has 0 aliphatic carbocycles. The number of aryl methyl sites for hydroxylation is 2. The highest BCUT2D eigenvalue weighted by Gasteiger charge is 2.05. The smallest absolute Gasteiger partial charge is 0.123 e. The fourth-order valence-corrected chi connectivity index (χ4v) is 2.60. The first-order valence-corrected chi connectivity index (χ1v) is 8.07. The fraction of sp³-hybridized carbons (Fsp3) is 0.190. The molecule has 0 spiro atoms. The highest BCUT2D eigenvalue weighted by Crippen LogP contribution is 2.22. The predicted octanol–water partition coefficient (Wildman–Crippen LogP) is 4.88. The third-order valence-corrected chi connectivity index (χ3v) is 3.93. The van der Waals surface area contributed by atoms with E-state index in [-0.39, 0.29) is 12.4 Å². The number of rotatable bonds is 7. The van der Waals surface area contributed by atoms with Crippen molar-refractivity contribution in [3.63, 3.8) is 0 Å². The average molecular weight is 356 g/mol. The molecule has 0 saturated carbocycles. The van der Waals surface area contributed by atoms with Crippen LogP contribution in [-0.2, 0) is 19.4 Å². The molecule has 0 unspecified atom stereocenters. The van der Waals surface area contributed by atoms with Gasteiger partial charge in [0.15, 0.2) is 0 Å². The first-order chi connectivity index (χ1) is 11.8. The number of halogens is 1. The minimum absolute atomic E-state index is 0. The Labute approximate surface area is 155 Å². The molecule has 0 aliphatic heterocycles. The van der Waals surface area contributed by atoms with E-state index in [4.69, 9.17) is 9.47 Å². The van der Waals surface area contributed by atoms with Crippen LogP contribution in [0, 0.1) is 0 Å². The van der Waals surface area contributed by atoms with Crippen molar-refractivity contribution >= 4 is 12.4 Å². The van der Waals surface area contributed by atoms with Crippen molar-refractivity contribution in [2.24, 2.45) is 0 Å². The molecule has 0 bridgehead atoms. The molecule has 0 fully saturated rings. The van der Waals surface area contributed by atoms with E-state index in [0.717, 1.165) is 29.9 Å². The van der Waals surface area contributed by atoms with Gasteiger partial charge in [-0.1, -0.05) is 30.3 Å². The Morgan fingerprint density at radius 3 is 2.44 bits per heavy atom. The molecule has 130 valence electrons. The minimum atomic E-state index is 0. The third kappa shape index (κ3) is 5.50. The van der Waals surface area contributed by atoms with Gasteiger partial charge in [0, 0.05) is 12.4 Å². The highest BCUT2D eigenvalue weighted by molar-refractivity contribution is 5.85. The first kappa shape index (κ1) is 18.8. The van der Waals surface area contributed by atoms with Crippen LogP contribution in [0.3, 0.4) is 0 Å². The Bertz CT molecular complexity index is 778. The molecule has 0 aliphatic rings. The lowest BCUT2D eigenvalue weighted by Crippen LogP contribution is -2.00. The Morgan fingerprint density at radius 1 is 0.840 bits per heavy atom. The normalized spacial score (nSPS) is 9.96. The van der Waals surface area contributed by atoms with Gasteiger partial charge in [-0.25, -0.2) is 0 Å². The van der Waals surface area contributed by atoms with E-state index in [0.29, 0.717) is 6.61 Å². The van der Waals surface area contributed by atoms with Crippen LogP contribution in [0.4, 0.5) is 0 Å². The molecule has 0 saturated heterocycles. The molecule has 1 heterocycles. The topological polar surface area (TPSA) is 31.4 Å². The Hall–Kier alpha value is -2.52. The van der Waals surface area contributed by atoms with E-state index in [2.05, 4.69) is 29.2 Å². The number of aromatic nitrogens is 1. The van der Waals surface area contributed by atoms with Gasteiger partial charge in [0.05, 0.1) is 7.11 Å². The van der Waals surface area contributed by atoms with E-state index < -0.39 is 0 Å². The van der Waals surface area contributed by atoms with E-state index >= 15 is 0 Å². The quantitative estimate of drug-likeness (QED) is 0.605. The fourth-order valence-electron chi connectivity index (χ4n) is 2.60. The van der Waals surface area contributed by atoms with Crippen molar-refractivity contribution in [1.82, 2.24) is 4.98 Å². The summed E-state index contributed by atoms with van der Waals surface area (Å²) in [4.78, 5) is 4.03. The summed E-state index contributed by atoms with van der Waals surface area (Å²) in [5.41, 5.74) is 3.60. The average Bonchev–Trinajstić information content (AvgIpc) is 2.66. The lowest BCUT2D eigenvalue weighted by molar-refractivity contribution is 0.303. The number of hydrogen-bond acceptors (Lipinski definition) is 3. The molecule has 1 aromatic heterocycles. The molecular formula is C21H22ClNO2. The molecule has 0 radical (unpaired) electrons. The predicted molar refractivity (Wildman–Crippen MR) is 103 cm³/mol. The van der Waals surface area contributed by atoms with E-state index in [1.165, 1.54) is 11.1 Å². The summed E-state index contributed by atoms with van der Waals surface area (Å²) in [5.74, 6) is 1.84. The lowest BCUT2D eigenvalue weighted by Gasteiger charge is -2.12. The minimum Gasteiger partial charge on any atom is -0.497 e. The summed E-state index contributed by atoms with van der Waals surface area (Å²) in [6.45, 7) is 0.554. The monoisotopic (exact) mass is 355 g/mol. The summed E-state index contributed by atoms with van der Waals surface area (Å²) < 4.78 is 11.3. The summed E-state index contributed by atoms with van der Waals surface area (Å²) in [5, 5.41) is 0. The van der Waals surface area contributed by atoms with Crippen LogP contribution in [0.2, 0.25) is 0 Å². The number of ether oxygens (including phenoxy) is 2. The first-order valence-electron chi connectivity index (χ1n) is 8.07.